The van der Waals surface area contributed by atoms with Crippen LogP contribution < -0.4 is 10.1 Å². The van der Waals surface area contributed by atoms with E-state index in [1.165, 1.54) is 19.2 Å². The van der Waals surface area contributed by atoms with Gasteiger partial charge in [0.2, 0.25) is 0 Å². The van der Waals surface area contributed by atoms with Gasteiger partial charge in [-0.05, 0) is 18.2 Å². The predicted octanol–water partition coefficient (Wildman–Crippen LogP) is 1.40. The number of hydrogen-bond donors (Lipinski definition) is 3. The molecule has 0 heterocycles. The summed E-state index contributed by atoms with van der Waals surface area (Å²) in [5.74, 6) is -0.404. The molecule has 94 valence electrons. The number of rotatable bonds is 6. The van der Waals surface area contributed by atoms with E-state index >= 15 is 0 Å². The zero-order valence-corrected chi connectivity index (χ0v) is 10.1. The summed E-state index contributed by atoms with van der Waals surface area (Å²) in [7, 11) is 1.49. The second-order valence-corrected chi connectivity index (χ2v) is 3.72. The van der Waals surface area contributed by atoms with Gasteiger partial charge in [0.15, 0.2) is 0 Å². The van der Waals surface area contributed by atoms with Crippen molar-refractivity contribution in [2.45, 2.75) is 6.10 Å². The van der Waals surface area contributed by atoms with Crippen LogP contribution in [0, 0.1) is 0 Å². The summed E-state index contributed by atoms with van der Waals surface area (Å²) >= 11 is 5.46. The Morgan fingerprint density at radius 3 is 2.82 bits per heavy atom. The normalized spacial score (nSPS) is 11.9. The van der Waals surface area contributed by atoms with Crippen molar-refractivity contribution in [2.24, 2.45) is 0 Å². The number of ether oxygens (including phenoxy) is 1. The van der Waals surface area contributed by atoms with Crippen molar-refractivity contribution in [1.82, 2.24) is 0 Å². The number of aliphatic hydroxyl groups is 1. The van der Waals surface area contributed by atoms with Crippen LogP contribution in [0.5, 0.6) is 5.75 Å². The zero-order chi connectivity index (χ0) is 12.8. The number of halogens is 1. The number of methoxy groups -OCH3 is 1. The Morgan fingerprint density at radius 1 is 1.59 bits per heavy atom. The van der Waals surface area contributed by atoms with Crippen molar-refractivity contribution in [3.8, 4) is 5.75 Å². The lowest BCUT2D eigenvalue weighted by Gasteiger charge is -2.13. The predicted molar refractivity (Wildman–Crippen MR) is 65.2 cm³/mol. The van der Waals surface area contributed by atoms with Gasteiger partial charge in [-0.15, -0.1) is 11.6 Å². The molecule has 0 aliphatic rings. The van der Waals surface area contributed by atoms with Crippen LogP contribution in [-0.4, -0.2) is 41.8 Å². The van der Waals surface area contributed by atoms with Gasteiger partial charge in [-0.3, -0.25) is 0 Å². The van der Waals surface area contributed by atoms with Crippen LogP contribution in [0.25, 0.3) is 0 Å². The maximum atomic E-state index is 10.8. The maximum absolute atomic E-state index is 10.8. The van der Waals surface area contributed by atoms with E-state index in [-0.39, 0.29) is 18.0 Å². The van der Waals surface area contributed by atoms with Crippen molar-refractivity contribution >= 4 is 23.3 Å². The number of alkyl halides is 1. The molecule has 0 aromatic heterocycles. The van der Waals surface area contributed by atoms with Gasteiger partial charge in [-0.2, -0.15) is 0 Å². The largest absolute Gasteiger partial charge is 0.495 e. The quantitative estimate of drug-likeness (QED) is 0.673. The molecule has 0 spiro atoms. The van der Waals surface area contributed by atoms with Gasteiger partial charge >= 0.3 is 5.97 Å². The first-order valence-corrected chi connectivity index (χ1v) is 5.51. The van der Waals surface area contributed by atoms with Gasteiger partial charge in [-0.1, -0.05) is 0 Å². The maximum Gasteiger partial charge on any atom is 0.335 e. The Morgan fingerprint density at radius 2 is 2.29 bits per heavy atom. The number of anilines is 1. The summed E-state index contributed by atoms with van der Waals surface area (Å²) in [6, 6.07) is 4.45. The van der Waals surface area contributed by atoms with E-state index in [0.29, 0.717) is 11.4 Å². The first-order chi connectivity index (χ1) is 8.08. The summed E-state index contributed by atoms with van der Waals surface area (Å²) in [5, 5.41) is 21.1. The second kappa shape index (κ2) is 6.32. The zero-order valence-electron chi connectivity index (χ0n) is 9.31. The van der Waals surface area contributed by atoms with Gasteiger partial charge in [-0.25, -0.2) is 4.79 Å². The molecule has 0 bridgehead atoms. The summed E-state index contributed by atoms with van der Waals surface area (Å²) in [6.45, 7) is 0.225. The molecule has 1 atom stereocenters. The number of aliphatic hydroxyl groups excluding tert-OH is 1. The van der Waals surface area contributed by atoms with Crippen LogP contribution in [-0.2, 0) is 0 Å². The minimum atomic E-state index is -1.02. The molecular weight excluding hydrogens is 246 g/mol. The van der Waals surface area contributed by atoms with Crippen molar-refractivity contribution < 1.29 is 19.7 Å². The monoisotopic (exact) mass is 259 g/mol. The number of nitrogens with one attached hydrogen (secondary N) is 1. The minimum Gasteiger partial charge on any atom is -0.495 e. The Bertz CT molecular complexity index is 397. The third-order valence-corrected chi connectivity index (χ3v) is 2.51. The first-order valence-electron chi connectivity index (χ1n) is 4.97. The van der Waals surface area contributed by atoms with Crippen LogP contribution in [0.3, 0.4) is 0 Å². The van der Waals surface area contributed by atoms with E-state index in [1.54, 1.807) is 6.07 Å². The topological polar surface area (TPSA) is 78.8 Å². The molecular formula is C11H14ClNO4. The Balaban J connectivity index is 2.86. The lowest BCUT2D eigenvalue weighted by Crippen LogP contribution is -2.21. The average molecular weight is 260 g/mol. The lowest BCUT2D eigenvalue weighted by molar-refractivity contribution is 0.0697. The summed E-state index contributed by atoms with van der Waals surface area (Å²) in [4.78, 5) is 10.8. The number of carbonyl (C=O) groups is 1. The fraction of sp³-hybridized carbons (Fsp3) is 0.364. The van der Waals surface area contributed by atoms with Gasteiger partial charge in [0.05, 0.1) is 30.3 Å². The molecule has 1 aromatic carbocycles. The fourth-order valence-electron chi connectivity index (χ4n) is 1.26. The van der Waals surface area contributed by atoms with Crippen molar-refractivity contribution in [2.75, 3.05) is 24.9 Å². The van der Waals surface area contributed by atoms with E-state index in [0.717, 1.165) is 0 Å². The molecule has 0 aliphatic heterocycles. The first kappa shape index (κ1) is 13.6. The highest BCUT2D eigenvalue weighted by atomic mass is 35.5. The average Bonchev–Trinajstić information content (AvgIpc) is 2.35. The van der Waals surface area contributed by atoms with Crippen LogP contribution in [0.2, 0.25) is 0 Å². The number of benzene rings is 1. The van der Waals surface area contributed by atoms with E-state index in [9.17, 15) is 9.90 Å². The molecule has 1 unspecified atom stereocenters. The number of hydrogen-bond acceptors (Lipinski definition) is 4. The van der Waals surface area contributed by atoms with Crippen molar-refractivity contribution in [1.29, 1.82) is 0 Å². The van der Waals surface area contributed by atoms with Gasteiger partial charge in [0.1, 0.15) is 5.75 Å². The molecule has 1 aromatic rings. The molecule has 0 saturated heterocycles. The third kappa shape index (κ3) is 3.80. The summed E-state index contributed by atoms with van der Waals surface area (Å²) in [6.07, 6.45) is -0.699. The molecule has 5 nitrogen and oxygen atoms in total. The Labute approximate surface area is 104 Å². The van der Waals surface area contributed by atoms with Gasteiger partial charge < -0.3 is 20.3 Å². The molecule has 1 rings (SSSR count). The second-order valence-electron chi connectivity index (χ2n) is 3.41. The molecule has 0 radical (unpaired) electrons. The molecule has 0 saturated carbocycles. The molecule has 3 N–H and O–H groups in total. The highest BCUT2D eigenvalue weighted by molar-refractivity contribution is 6.18. The standard InChI is InChI=1S/C11H14ClNO4/c1-17-10-3-2-7(11(15)16)4-9(10)13-6-8(14)5-12/h2-4,8,13-14H,5-6H2,1H3,(H,15,16). The molecule has 0 aliphatic carbocycles. The van der Waals surface area contributed by atoms with Crippen molar-refractivity contribution in [3.05, 3.63) is 23.8 Å². The minimum absolute atomic E-state index is 0.105. The van der Waals surface area contributed by atoms with Gasteiger partial charge in [0, 0.05) is 6.54 Å². The van der Waals surface area contributed by atoms with Crippen molar-refractivity contribution in [3.63, 3.8) is 0 Å². The SMILES string of the molecule is COc1ccc(C(=O)O)cc1NCC(O)CCl. The van der Waals surface area contributed by atoms with Crippen LogP contribution in [0.15, 0.2) is 18.2 Å². The summed E-state index contributed by atoms with van der Waals surface area (Å²) < 4.78 is 5.08. The van der Waals surface area contributed by atoms with E-state index < -0.39 is 12.1 Å². The number of carboxylic acids is 1. The Kier molecular flexibility index (Phi) is 5.06. The van der Waals surface area contributed by atoms with E-state index in [1.807, 2.05) is 0 Å². The smallest absolute Gasteiger partial charge is 0.335 e. The molecule has 17 heavy (non-hydrogen) atoms. The number of aromatic carboxylic acids is 1. The fourth-order valence-corrected chi connectivity index (χ4v) is 1.37. The third-order valence-electron chi connectivity index (χ3n) is 2.15. The van der Waals surface area contributed by atoms with Crippen LogP contribution in [0.1, 0.15) is 10.4 Å². The highest BCUT2D eigenvalue weighted by Crippen LogP contribution is 2.25. The van der Waals surface area contributed by atoms with Crippen LogP contribution >= 0.6 is 11.6 Å². The van der Waals surface area contributed by atoms with Crippen LogP contribution in [0.4, 0.5) is 5.69 Å². The molecule has 0 fully saturated rings. The van der Waals surface area contributed by atoms with Gasteiger partial charge in [0.25, 0.3) is 0 Å². The number of carboxylic acid groups (broad SMARTS) is 1. The highest BCUT2D eigenvalue weighted by Gasteiger charge is 2.10. The van der Waals surface area contributed by atoms with E-state index in [4.69, 9.17) is 21.4 Å². The van der Waals surface area contributed by atoms with E-state index in [2.05, 4.69) is 5.32 Å². The molecule has 0 amide bonds. The summed E-state index contributed by atoms with van der Waals surface area (Å²) in [5.41, 5.74) is 0.658. The lowest BCUT2D eigenvalue weighted by atomic mass is 10.2. The Hall–Kier alpha value is -1.46. The molecule has 6 heteroatoms.